The Hall–Kier alpha value is -2.28. The predicted molar refractivity (Wildman–Crippen MR) is 96.4 cm³/mol. The molecule has 1 aromatic heterocycles. The number of aromatic nitrogens is 2. The number of piperidine rings is 1. The highest BCUT2D eigenvalue weighted by Gasteiger charge is 2.34. The molecule has 1 aliphatic heterocycles. The standard InChI is InChI=1S/C19H24N4O3/c1-13(22-11-10-14-4-2-3-5-16(14)12-22)18-20-21-19(26-18)15-6-8-17(9-7-15)23(24)25/h6-9,13-14,16H,2-5,10-12H2,1H3/t13-,14-,16+/m0/s1. The van der Waals surface area contributed by atoms with Crippen molar-refractivity contribution in [3.8, 4) is 11.5 Å². The zero-order valence-electron chi connectivity index (χ0n) is 15.0. The number of nitrogens with zero attached hydrogens (tertiary/aromatic N) is 4. The Labute approximate surface area is 152 Å². The van der Waals surface area contributed by atoms with E-state index in [4.69, 9.17) is 4.42 Å². The van der Waals surface area contributed by atoms with Gasteiger partial charge in [0.05, 0.1) is 11.0 Å². The van der Waals surface area contributed by atoms with Gasteiger partial charge in [-0.1, -0.05) is 19.3 Å². The van der Waals surface area contributed by atoms with Crippen molar-refractivity contribution >= 4 is 5.69 Å². The molecule has 0 unspecified atom stereocenters. The summed E-state index contributed by atoms with van der Waals surface area (Å²) in [4.78, 5) is 12.8. The number of benzene rings is 1. The predicted octanol–water partition coefficient (Wildman–Crippen LogP) is 4.22. The molecule has 0 bridgehead atoms. The first kappa shape index (κ1) is 17.1. The summed E-state index contributed by atoms with van der Waals surface area (Å²) in [6.45, 7) is 4.31. The minimum absolute atomic E-state index is 0.0530. The average Bonchev–Trinajstić information content (AvgIpc) is 3.17. The van der Waals surface area contributed by atoms with Crippen molar-refractivity contribution in [2.75, 3.05) is 13.1 Å². The molecule has 1 saturated carbocycles. The van der Waals surface area contributed by atoms with Crippen molar-refractivity contribution in [1.29, 1.82) is 0 Å². The lowest BCUT2D eigenvalue weighted by Crippen LogP contribution is -2.42. The van der Waals surface area contributed by atoms with Gasteiger partial charge in [0, 0.05) is 24.2 Å². The van der Waals surface area contributed by atoms with E-state index in [9.17, 15) is 10.1 Å². The van der Waals surface area contributed by atoms with Gasteiger partial charge in [0.25, 0.3) is 5.69 Å². The van der Waals surface area contributed by atoms with Crippen molar-refractivity contribution in [2.24, 2.45) is 11.8 Å². The van der Waals surface area contributed by atoms with E-state index in [1.165, 1.54) is 44.2 Å². The fourth-order valence-corrected chi connectivity index (χ4v) is 4.38. The van der Waals surface area contributed by atoms with E-state index in [-0.39, 0.29) is 11.7 Å². The maximum atomic E-state index is 10.8. The van der Waals surface area contributed by atoms with Gasteiger partial charge in [-0.2, -0.15) is 0 Å². The van der Waals surface area contributed by atoms with Crippen LogP contribution in [0.25, 0.3) is 11.5 Å². The highest BCUT2D eigenvalue weighted by atomic mass is 16.6. The normalized spacial score (nSPS) is 24.8. The van der Waals surface area contributed by atoms with E-state index >= 15 is 0 Å². The second kappa shape index (κ2) is 7.15. The van der Waals surface area contributed by atoms with Gasteiger partial charge in [-0.3, -0.25) is 15.0 Å². The Morgan fingerprint density at radius 1 is 1.15 bits per heavy atom. The van der Waals surface area contributed by atoms with Gasteiger partial charge in [-0.15, -0.1) is 10.2 Å². The number of hydrogen-bond donors (Lipinski definition) is 0. The molecule has 138 valence electrons. The highest BCUT2D eigenvalue weighted by Crippen LogP contribution is 2.38. The van der Waals surface area contributed by atoms with Crippen molar-refractivity contribution < 1.29 is 9.34 Å². The Kier molecular flexibility index (Phi) is 4.72. The van der Waals surface area contributed by atoms with E-state index in [1.807, 2.05) is 0 Å². The van der Waals surface area contributed by atoms with Crippen molar-refractivity contribution in [2.45, 2.75) is 45.1 Å². The van der Waals surface area contributed by atoms with Crippen LogP contribution in [0.4, 0.5) is 5.69 Å². The Bertz CT molecular complexity index is 773. The molecule has 7 nitrogen and oxygen atoms in total. The number of nitro benzene ring substituents is 1. The van der Waals surface area contributed by atoms with Gasteiger partial charge in [0.2, 0.25) is 11.8 Å². The lowest BCUT2D eigenvalue weighted by Gasteiger charge is -2.42. The quantitative estimate of drug-likeness (QED) is 0.602. The summed E-state index contributed by atoms with van der Waals surface area (Å²) < 4.78 is 5.89. The van der Waals surface area contributed by atoms with Crippen LogP contribution < -0.4 is 0 Å². The van der Waals surface area contributed by atoms with Crippen molar-refractivity contribution in [1.82, 2.24) is 15.1 Å². The molecule has 1 aromatic carbocycles. The number of non-ortho nitro benzene ring substituents is 1. The smallest absolute Gasteiger partial charge is 0.269 e. The molecule has 1 saturated heterocycles. The molecular weight excluding hydrogens is 332 g/mol. The van der Waals surface area contributed by atoms with Crippen LogP contribution in [0.15, 0.2) is 28.7 Å². The van der Waals surface area contributed by atoms with Crippen LogP contribution in [0.3, 0.4) is 0 Å². The molecular formula is C19H24N4O3. The first-order valence-corrected chi connectivity index (χ1v) is 9.44. The number of likely N-dealkylation sites (tertiary alicyclic amines) is 1. The number of fused-ring (bicyclic) bond motifs is 1. The molecule has 0 spiro atoms. The topological polar surface area (TPSA) is 85.3 Å². The molecule has 4 rings (SSSR count). The van der Waals surface area contributed by atoms with Gasteiger partial charge in [-0.25, -0.2) is 0 Å². The van der Waals surface area contributed by atoms with Gasteiger partial charge >= 0.3 is 0 Å². The molecule has 2 aromatic rings. The maximum Gasteiger partial charge on any atom is 0.269 e. The molecule has 1 aliphatic carbocycles. The first-order valence-electron chi connectivity index (χ1n) is 9.44. The SMILES string of the molecule is C[C@@H](c1nnc(-c2ccc([N+](=O)[O-])cc2)o1)N1CC[C@@H]2CCCC[C@@H]2C1. The molecule has 3 atom stereocenters. The second-order valence-electron chi connectivity index (χ2n) is 7.51. The summed E-state index contributed by atoms with van der Waals surface area (Å²) in [7, 11) is 0. The second-order valence-corrected chi connectivity index (χ2v) is 7.51. The Morgan fingerprint density at radius 2 is 1.88 bits per heavy atom. The van der Waals surface area contributed by atoms with E-state index < -0.39 is 4.92 Å². The minimum atomic E-state index is -0.417. The van der Waals surface area contributed by atoms with Gasteiger partial charge in [-0.05, 0) is 50.3 Å². The van der Waals surface area contributed by atoms with Crippen LogP contribution in [0.1, 0.15) is 51.0 Å². The molecule has 2 fully saturated rings. The van der Waals surface area contributed by atoms with Crippen LogP contribution in [-0.2, 0) is 0 Å². The Morgan fingerprint density at radius 3 is 2.62 bits per heavy atom. The summed E-state index contributed by atoms with van der Waals surface area (Å²) >= 11 is 0. The van der Waals surface area contributed by atoms with Crippen LogP contribution in [-0.4, -0.2) is 33.1 Å². The van der Waals surface area contributed by atoms with Gasteiger partial charge in [0.15, 0.2) is 0 Å². The van der Waals surface area contributed by atoms with E-state index in [0.29, 0.717) is 17.3 Å². The van der Waals surface area contributed by atoms with Crippen molar-refractivity contribution in [3.05, 3.63) is 40.3 Å². The zero-order valence-corrected chi connectivity index (χ0v) is 15.0. The molecule has 0 amide bonds. The summed E-state index contributed by atoms with van der Waals surface area (Å²) in [5, 5.41) is 19.1. The maximum absolute atomic E-state index is 10.8. The van der Waals surface area contributed by atoms with E-state index in [1.54, 1.807) is 12.1 Å². The lowest BCUT2D eigenvalue weighted by molar-refractivity contribution is -0.384. The number of nitro groups is 1. The summed E-state index contributed by atoms with van der Waals surface area (Å²) in [6.07, 6.45) is 6.73. The third kappa shape index (κ3) is 3.35. The van der Waals surface area contributed by atoms with Crippen LogP contribution in [0, 0.1) is 22.0 Å². The fourth-order valence-electron chi connectivity index (χ4n) is 4.38. The summed E-state index contributed by atoms with van der Waals surface area (Å²) in [6, 6.07) is 6.30. The molecule has 26 heavy (non-hydrogen) atoms. The number of hydrogen-bond acceptors (Lipinski definition) is 6. The van der Waals surface area contributed by atoms with E-state index in [2.05, 4.69) is 22.0 Å². The molecule has 0 N–H and O–H groups in total. The fraction of sp³-hybridized carbons (Fsp3) is 0.579. The monoisotopic (exact) mass is 356 g/mol. The summed E-state index contributed by atoms with van der Waals surface area (Å²) in [5.74, 6) is 2.73. The third-order valence-electron chi connectivity index (χ3n) is 5.99. The molecule has 0 radical (unpaired) electrons. The Balaban J connectivity index is 1.46. The highest BCUT2D eigenvalue weighted by molar-refractivity contribution is 5.55. The molecule has 2 heterocycles. The van der Waals surface area contributed by atoms with Crippen LogP contribution in [0.5, 0.6) is 0 Å². The van der Waals surface area contributed by atoms with Crippen LogP contribution >= 0.6 is 0 Å². The molecule has 2 aliphatic rings. The summed E-state index contributed by atoms with van der Waals surface area (Å²) in [5.41, 5.74) is 0.754. The van der Waals surface area contributed by atoms with Gasteiger partial charge < -0.3 is 4.42 Å². The van der Waals surface area contributed by atoms with Gasteiger partial charge in [0.1, 0.15) is 0 Å². The zero-order chi connectivity index (χ0) is 18.1. The van der Waals surface area contributed by atoms with E-state index in [0.717, 1.165) is 24.9 Å². The van der Waals surface area contributed by atoms with Crippen molar-refractivity contribution in [3.63, 3.8) is 0 Å². The lowest BCUT2D eigenvalue weighted by atomic mass is 9.75. The minimum Gasteiger partial charge on any atom is -0.419 e. The van der Waals surface area contributed by atoms with Crippen LogP contribution in [0.2, 0.25) is 0 Å². The molecule has 7 heteroatoms. The third-order valence-corrected chi connectivity index (χ3v) is 5.99. The number of rotatable bonds is 4. The average molecular weight is 356 g/mol. The largest absolute Gasteiger partial charge is 0.419 e. The first-order chi connectivity index (χ1) is 12.6.